The van der Waals surface area contributed by atoms with Gasteiger partial charge >= 0.3 is 11.9 Å². The number of aromatic nitrogens is 1. The van der Waals surface area contributed by atoms with Crippen molar-refractivity contribution in [1.82, 2.24) is 4.57 Å². The van der Waals surface area contributed by atoms with Crippen LogP contribution in [0.1, 0.15) is 21.6 Å². The zero-order chi connectivity index (χ0) is 22.8. The van der Waals surface area contributed by atoms with Gasteiger partial charge in [-0.2, -0.15) is 0 Å². The Hall–Kier alpha value is -3.79. The second-order valence-corrected chi connectivity index (χ2v) is 8.47. The number of carboxylic acids is 2. The molecule has 0 saturated heterocycles. The molecule has 0 unspecified atom stereocenters. The molecule has 0 atom stereocenters. The summed E-state index contributed by atoms with van der Waals surface area (Å²) in [6.45, 7) is 2.84. The lowest BCUT2D eigenvalue weighted by Gasteiger charge is -2.14. The monoisotopic (exact) mass is 444 g/mol. The van der Waals surface area contributed by atoms with Gasteiger partial charge in [0.15, 0.2) is 6.61 Å². The predicted octanol–water partition coefficient (Wildman–Crippen LogP) is 3.06. The molecular weight excluding hydrogens is 424 g/mol. The van der Waals surface area contributed by atoms with Gasteiger partial charge in [-0.3, -0.25) is 4.72 Å². The van der Waals surface area contributed by atoms with Gasteiger partial charge in [-0.1, -0.05) is 0 Å². The first kappa shape index (κ1) is 21.9. The molecule has 0 aliphatic heterocycles. The minimum absolute atomic E-state index is 0.00650. The summed E-state index contributed by atoms with van der Waals surface area (Å²) in [6.07, 6.45) is 1.62. The molecule has 1 aromatic heterocycles. The number of rotatable bonds is 8. The number of aliphatic carboxylic acids is 1. The van der Waals surface area contributed by atoms with Crippen LogP contribution < -0.4 is 9.46 Å². The fourth-order valence-electron chi connectivity index (χ4n) is 3.06. The first-order valence-corrected chi connectivity index (χ1v) is 10.6. The van der Waals surface area contributed by atoms with E-state index in [-0.39, 0.29) is 16.3 Å². The molecule has 0 spiro atoms. The SMILES string of the molecule is Cc1cc(S(=O)(=O)Nc2ccc(-n3cccc3C(=O)O)c(C)c2)ccc1OCC(=O)O. The Morgan fingerprint density at radius 2 is 1.77 bits per heavy atom. The van der Waals surface area contributed by atoms with Crippen molar-refractivity contribution in [2.24, 2.45) is 0 Å². The van der Waals surface area contributed by atoms with Crippen molar-refractivity contribution in [2.75, 3.05) is 11.3 Å². The molecule has 3 aromatic rings. The summed E-state index contributed by atoms with van der Waals surface area (Å²) >= 11 is 0. The molecule has 10 heteroatoms. The molecule has 1 heterocycles. The van der Waals surface area contributed by atoms with E-state index in [2.05, 4.69) is 4.72 Å². The van der Waals surface area contributed by atoms with Crippen LogP contribution in [-0.4, -0.2) is 41.7 Å². The summed E-state index contributed by atoms with van der Waals surface area (Å²) in [6, 6.07) is 12.0. The first-order chi connectivity index (χ1) is 14.6. The number of hydrogen-bond donors (Lipinski definition) is 3. The maximum atomic E-state index is 12.8. The summed E-state index contributed by atoms with van der Waals surface area (Å²) in [5.41, 5.74) is 2.17. The van der Waals surface area contributed by atoms with Gasteiger partial charge in [0.1, 0.15) is 11.4 Å². The zero-order valence-corrected chi connectivity index (χ0v) is 17.5. The van der Waals surface area contributed by atoms with Crippen LogP contribution in [0.2, 0.25) is 0 Å². The number of anilines is 1. The van der Waals surface area contributed by atoms with Gasteiger partial charge in [0, 0.05) is 17.6 Å². The quantitative estimate of drug-likeness (QED) is 0.486. The van der Waals surface area contributed by atoms with Crippen LogP contribution in [-0.2, 0) is 14.8 Å². The van der Waals surface area contributed by atoms with E-state index in [4.69, 9.17) is 9.84 Å². The maximum absolute atomic E-state index is 12.8. The molecule has 31 heavy (non-hydrogen) atoms. The van der Waals surface area contributed by atoms with Crippen LogP contribution in [0.5, 0.6) is 5.75 Å². The topological polar surface area (TPSA) is 135 Å². The van der Waals surface area contributed by atoms with Crippen molar-refractivity contribution in [1.29, 1.82) is 0 Å². The van der Waals surface area contributed by atoms with Crippen molar-refractivity contribution in [3.63, 3.8) is 0 Å². The molecule has 162 valence electrons. The number of carboxylic acid groups (broad SMARTS) is 2. The number of ether oxygens (including phenoxy) is 1. The Kier molecular flexibility index (Phi) is 6.02. The van der Waals surface area contributed by atoms with E-state index in [9.17, 15) is 23.1 Å². The molecular formula is C21H20N2O7S. The van der Waals surface area contributed by atoms with Gasteiger partial charge in [-0.25, -0.2) is 18.0 Å². The second kappa shape index (κ2) is 8.52. The Morgan fingerprint density at radius 3 is 2.39 bits per heavy atom. The van der Waals surface area contributed by atoms with E-state index in [1.165, 1.54) is 28.8 Å². The number of aryl methyl sites for hydroxylation is 2. The van der Waals surface area contributed by atoms with Gasteiger partial charge in [0.05, 0.1) is 4.90 Å². The molecule has 0 bridgehead atoms. The molecule has 0 aliphatic carbocycles. The lowest BCUT2D eigenvalue weighted by atomic mass is 10.1. The van der Waals surface area contributed by atoms with Crippen molar-refractivity contribution < 1.29 is 33.0 Å². The molecule has 0 radical (unpaired) electrons. The molecule has 9 nitrogen and oxygen atoms in total. The molecule has 0 amide bonds. The van der Waals surface area contributed by atoms with E-state index in [1.807, 2.05) is 0 Å². The summed E-state index contributed by atoms with van der Waals surface area (Å²) in [4.78, 5) is 22.0. The van der Waals surface area contributed by atoms with Crippen molar-refractivity contribution in [3.8, 4) is 11.4 Å². The highest BCUT2D eigenvalue weighted by molar-refractivity contribution is 7.92. The minimum Gasteiger partial charge on any atom is -0.482 e. The standard InChI is InChI=1S/C21H20N2O7S/c1-13-10-15(5-7-17(13)23-9-3-4-18(23)21(26)27)22-31(28,29)16-6-8-19(14(2)11-16)30-12-20(24)25/h3-11,22H,12H2,1-2H3,(H,24,25)(H,26,27). The lowest BCUT2D eigenvalue weighted by molar-refractivity contribution is -0.139. The highest BCUT2D eigenvalue weighted by atomic mass is 32.2. The summed E-state index contributed by atoms with van der Waals surface area (Å²) in [5.74, 6) is -1.92. The summed E-state index contributed by atoms with van der Waals surface area (Å²) < 4.78 is 34.7. The lowest BCUT2D eigenvalue weighted by Crippen LogP contribution is -2.14. The average Bonchev–Trinajstić information content (AvgIpc) is 3.16. The number of sulfonamides is 1. The largest absolute Gasteiger partial charge is 0.482 e. The van der Waals surface area contributed by atoms with Crippen LogP contribution in [0.3, 0.4) is 0 Å². The van der Waals surface area contributed by atoms with Gasteiger partial charge in [0.2, 0.25) is 0 Å². The van der Waals surface area contributed by atoms with Crippen molar-refractivity contribution >= 4 is 27.6 Å². The Balaban J connectivity index is 1.84. The highest BCUT2D eigenvalue weighted by Crippen LogP contribution is 2.26. The Bertz CT molecular complexity index is 1260. The summed E-state index contributed by atoms with van der Waals surface area (Å²) in [5, 5.41) is 18.0. The molecule has 0 aliphatic rings. The van der Waals surface area contributed by atoms with E-state index in [1.54, 1.807) is 44.3 Å². The molecule has 0 saturated carbocycles. The zero-order valence-electron chi connectivity index (χ0n) is 16.7. The van der Waals surface area contributed by atoms with E-state index < -0.39 is 28.6 Å². The van der Waals surface area contributed by atoms with E-state index in [0.29, 0.717) is 22.5 Å². The van der Waals surface area contributed by atoms with Crippen molar-refractivity contribution in [2.45, 2.75) is 18.7 Å². The van der Waals surface area contributed by atoms with E-state index >= 15 is 0 Å². The van der Waals surface area contributed by atoms with Crippen LogP contribution in [0, 0.1) is 13.8 Å². The Morgan fingerprint density at radius 1 is 1.03 bits per heavy atom. The number of benzene rings is 2. The molecule has 0 fully saturated rings. The van der Waals surface area contributed by atoms with Gasteiger partial charge in [0.25, 0.3) is 10.0 Å². The number of carbonyl (C=O) groups is 2. The average molecular weight is 444 g/mol. The van der Waals surface area contributed by atoms with Crippen LogP contribution in [0.15, 0.2) is 59.6 Å². The van der Waals surface area contributed by atoms with Crippen molar-refractivity contribution in [3.05, 3.63) is 71.5 Å². The van der Waals surface area contributed by atoms with Crippen LogP contribution >= 0.6 is 0 Å². The highest BCUT2D eigenvalue weighted by Gasteiger charge is 2.18. The summed E-state index contributed by atoms with van der Waals surface area (Å²) in [7, 11) is -3.91. The first-order valence-electron chi connectivity index (χ1n) is 9.08. The maximum Gasteiger partial charge on any atom is 0.352 e. The number of hydrogen-bond acceptors (Lipinski definition) is 5. The minimum atomic E-state index is -3.91. The normalized spacial score (nSPS) is 11.2. The molecule has 2 aromatic carbocycles. The molecule has 3 rings (SSSR count). The third-order valence-corrected chi connectivity index (χ3v) is 5.86. The molecule has 3 N–H and O–H groups in total. The third-order valence-electron chi connectivity index (χ3n) is 4.48. The number of nitrogens with zero attached hydrogens (tertiary/aromatic N) is 1. The Labute approximate surface area is 178 Å². The fraction of sp³-hybridized carbons (Fsp3) is 0.143. The van der Waals surface area contributed by atoms with E-state index in [0.717, 1.165) is 0 Å². The predicted molar refractivity (Wildman–Crippen MR) is 113 cm³/mol. The smallest absolute Gasteiger partial charge is 0.352 e. The van der Waals surface area contributed by atoms with Crippen LogP contribution in [0.25, 0.3) is 5.69 Å². The number of nitrogens with one attached hydrogen (secondary N) is 1. The second-order valence-electron chi connectivity index (χ2n) is 6.79. The fourth-order valence-corrected chi connectivity index (χ4v) is 4.19. The number of aromatic carboxylic acids is 1. The van der Waals surface area contributed by atoms with Gasteiger partial charge < -0.3 is 19.5 Å². The van der Waals surface area contributed by atoms with Crippen LogP contribution in [0.4, 0.5) is 5.69 Å². The van der Waals surface area contributed by atoms with Gasteiger partial charge in [-0.05, 0) is 73.5 Å². The third kappa shape index (κ3) is 4.86. The van der Waals surface area contributed by atoms with Gasteiger partial charge in [-0.15, -0.1) is 0 Å².